The highest BCUT2D eigenvalue weighted by atomic mass is 35.5. The van der Waals surface area contributed by atoms with Crippen LogP contribution in [-0.4, -0.2) is 45.0 Å². The molecule has 0 bridgehead atoms. The van der Waals surface area contributed by atoms with Gasteiger partial charge in [-0.1, -0.05) is 17.7 Å². The topological polar surface area (TPSA) is 110 Å². The number of nitrogens with one attached hydrogen (secondary N) is 1. The van der Waals surface area contributed by atoms with Gasteiger partial charge >= 0.3 is 6.18 Å². The van der Waals surface area contributed by atoms with Crippen LogP contribution in [0.1, 0.15) is 26.4 Å². The predicted molar refractivity (Wildman–Crippen MR) is 110 cm³/mol. The lowest BCUT2D eigenvalue weighted by atomic mass is 9.94. The van der Waals surface area contributed by atoms with Gasteiger partial charge in [0.15, 0.2) is 5.60 Å². The van der Waals surface area contributed by atoms with Gasteiger partial charge < -0.3 is 16.2 Å². The van der Waals surface area contributed by atoms with Gasteiger partial charge in [0.1, 0.15) is 11.6 Å². The number of carbonyl (C=O) groups is 2. The van der Waals surface area contributed by atoms with Crippen LogP contribution in [0, 0.1) is 11.6 Å². The van der Waals surface area contributed by atoms with E-state index in [1.807, 2.05) is 5.32 Å². The summed E-state index contributed by atoms with van der Waals surface area (Å²) in [7, 11) is 0. The van der Waals surface area contributed by atoms with Crippen molar-refractivity contribution < 1.29 is 36.6 Å². The van der Waals surface area contributed by atoms with Gasteiger partial charge in [0, 0.05) is 12.6 Å². The number of primary amides is 1. The van der Waals surface area contributed by atoms with E-state index < -0.39 is 65.0 Å². The highest BCUT2D eigenvalue weighted by Gasteiger charge is 2.54. The van der Waals surface area contributed by atoms with Crippen LogP contribution >= 0.6 is 11.6 Å². The lowest BCUT2D eigenvalue weighted by molar-refractivity contribution is -0.257. The number of hydrogen-bond acceptors (Lipinski definition) is 4. The van der Waals surface area contributed by atoms with Gasteiger partial charge in [0.05, 0.1) is 34.1 Å². The second-order valence-electron chi connectivity index (χ2n) is 7.26. The molecule has 0 fully saturated rings. The van der Waals surface area contributed by atoms with Crippen LogP contribution in [0.15, 0.2) is 48.7 Å². The minimum atomic E-state index is -5.31. The molecule has 4 N–H and O–H groups in total. The average Bonchev–Trinajstić information content (AvgIpc) is 3.15. The van der Waals surface area contributed by atoms with Crippen LogP contribution in [-0.2, 0) is 6.42 Å². The number of carbonyl (C=O) groups excluding carboxylic acids is 2. The highest BCUT2D eigenvalue weighted by molar-refractivity contribution is 6.33. The van der Waals surface area contributed by atoms with E-state index in [1.165, 1.54) is 18.2 Å². The van der Waals surface area contributed by atoms with E-state index in [4.69, 9.17) is 17.3 Å². The minimum Gasteiger partial charge on any atom is -0.379 e. The molecule has 0 aliphatic heterocycles. The van der Waals surface area contributed by atoms with Crippen LogP contribution in [0.2, 0.25) is 5.02 Å². The van der Waals surface area contributed by atoms with Crippen molar-refractivity contribution in [1.29, 1.82) is 0 Å². The second-order valence-corrected chi connectivity index (χ2v) is 7.67. The van der Waals surface area contributed by atoms with Crippen LogP contribution in [0.5, 0.6) is 0 Å². The van der Waals surface area contributed by atoms with E-state index in [-0.39, 0.29) is 10.7 Å². The average molecular weight is 503 g/mol. The number of nitrogens with two attached hydrogens (primary N) is 1. The summed E-state index contributed by atoms with van der Waals surface area (Å²) in [6.45, 7) is -1.42. The Bertz CT molecular complexity index is 1210. The number of halogens is 6. The molecule has 13 heteroatoms. The molecule has 3 rings (SSSR count). The van der Waals surface area contributed by atoms with Gasteiger partial charge in [-0.3, -0.25) is 9.59 Å². The Morgan fingerprint density at radius 2 is 1.76 bits per heavy atom. The third-order valence-corrected chi connectivity index (χ3v) is 5.18. The van der Waals surface area contributed by atoms with Gasteiger partial charge in [-0.25, -0.2) is 13.5 Å². The lowest BCUT2D eigenvalue weighted by Gasteiger charge is -2.30. The number of nitrogens with zero attached hydrogens (tertiary/aromatic N) is 2. The van der Waals surface area contributed by atoms with Gasteiger partial charge in [-0.2, -0.15) is 18.3 Å². The first-order valence-corrected chi connectivity index (χ1v) is 9.86. The molecular formula is C21H16ClF5N4O3. The van der Waals surface area contributed by atoms with Crippen molar-refractivity contribution in [3.63, 3.8) is 0 Å². The van der Waals surface area contributed by atoms with Crippen molar-refractivity contribution in [2.45, 2.75) is 18.2 Å². The van der Waals surface area contributed by atoms with Gasteiger partial charge in [-0.15, -0.1) is 0 Å². The van der Waals surface area contributed by atoms with Crippen LogP contribution in [0.25, 0.3) is 5.69 Å². The van der Waals surface area contributed by atoms with Crippen molar-refractivity contribution in [3.05, 3.63) is 82.1 Å². The lowest BCUT2D eigenvalue weighted by Crippen LogP contribution is -2.55. The normalized spacial score (nSPS) is 13.4. The summed E-state index contributed by atoms with van der Waals surface area (Å²) in [5.74, 6) is -4.08. The summed E-state index contributed by atoms with van der Waals surface area (Å²) in [5.41, 5.74) is 0.163. The Hall–Kier alpha value is -3.51. The molecule has 0 saturated carbocycles. The van der Waals surface area contributed by atoms with E-state index in [1.54, 1.807) is 0 Å². The first-order valence-electron chi connectivity index (χ1n) is 9.48. The number of hydrogen-bond donors (Lipinski definition) is 3. The Morgan fingerprint density at radius 3 is 2.32 bits per heavy atom. The fourth-order valence-corrected chi connectivity index (χ4v) is 3.29. The van der Waals surface area contributed by atoms with Gasteiger partial charge in [0.2, 0.25) is 0 Å². The number of benzene rings is 2. The van der Waals surface area contributed by atoms with E-state index in [0.717, 1.165) is 35.1 Å². The molecule has 1 unspecified atom stereocenters. The number of aromatic nitrogens is 2. The summed E-state index contributed by atoms with van der Waals surface area (Å²) >= 11 is 5.75. The molecule has 2 aromatic carbocycles. The smallest absolute Gasteiger partial charge is 0.379 e. The summed E-state index contributed by atoms with van der Waals surface area (Å²) in [6.07, 6.45) is -5.57. The molecule has 0 saturated heterocycles. The molecule has 7 nitrogen and oxygen atoms in total. The molecule has 0 spiro atoms. The third kappa shape index (κ3) is 5.18. The Labute approximate surface area is 193 Å². The fourth-order valence-electron chi connectivity index (χ4n) is 3.04. The molecule has 3 aromatic rings. The van der Waals surface area contributed by atoms with Crippen molar-refractivity contribution in [3.8, 4) is 5.69 Å². The molecule has 2 amide bonds. The molecular weight excluding hydrogens is 487 g/mol. The largest absolute Gasteiger partial charge is 0.419 e. The molecule has 0 radical (unpaired) electrons. The maximum Gasteiger partial charge on any atom is 0.419 e. The van der Waals surface area contributed by atoms with Gasteiger partial charge in [0.25, 0.3) is 11.8 Å². The zero-order valence-electron chi connectivity index (χ0n) is 17.0. The third-order valence-electron chi connectivity index (χ3n) is 4.87. The van der Waals surface area contributed by atoms with E-state index in [9.17, 15) is 36.6 Å². The zero-order chi connectivity index (χ0) is 25.3. The monoisotopic (exact) mass is 502 g/mol. The summed E-state index contributed by atoms with van der Waals surface area (Å²) in [4.78, 5) is 24.1. The molecule has 1 atom stereocenters. The maximum atomic E-state index is 13.9. The number of aliphatic hydroxyl groups is 1. The zero-order valence-corrected chi connectivity index (χ0v) is 17.8. The van der Waals surface area contributed by atoms with Crippen LogP contribution < -0.4 is 11.1 Å². The summed E-state index contributed by atoms with van der Waals surface area (Å²) in [6, 6.07) is 7.89. The molecule has 34 heavy (non-hydrogen) atoms. The maximum absolute atomic E-state index is 13.9. The number of alkyl halides is 3. The Balaban J connectivity index is 1.92. The minimum absolute atomic E-state index is 0.202. The van der Waals surface area contributed by atoms with Gasteiger partial charge in [-0.05, 0) is 36.4 Å². The van der Waals surface area contributed by atoms with Crippen molar-refractivity contribution in [2.24, 2.45) is 5.73 Å². The first kappa shape index (κ1) is 25.1. The SMILES string of the molecule is NC(=O)c1cn(-c2ccc(F)cc2)nc1CC(O)(CNC(=O)c1c(F)cccc1Cl)C(F)(F)F. The molecule has 1 heterocycles. The number of rotatable bonds is 7. The van der Waals surface area contributed by atoms with Crippen molar-refractivity contribution in [2.75, 3.05) is 6.54 Å². The molecule has 1 aromatic heterocycles. The van der Waals surface area contributed by atoms with E-state index in [0.29, 0.717) is 0 Å². The molecule has 0 aliphatic rings. The van der Waals surface area contributed by atoms with Crippen LogP contribution in [0.3, 0.4) is 0 Å². The fraction of sp³-hybridized carbons (Fsp3) is 0.190. The predicted octanol–water partition coefficient (Wildman–Crippen LogP) is 3.17. The van der Waals surface area contributed by atoms with Crippen molar-refractivity contribution in [1.82, 2.24) is 15.1 Å². The Morgan fingerprint density at radius 1 is 1.12 bits per heavy atom. The van der Waals surface area contributed by atoms with Crippen molar-refractivity contribution >= 4 is 23.4 Å². The quantitative estimate of drug-likeness (QED) is 0.431. The van der Waals surface area contributed by atoms with E-state index >= 15 is 0 Å². The Kier molecular flexibility index (Phi) is 6.94. The molecule has 0 aliphatic carbocycles. The summed E-state index contributed by atoms with van der Waals surface area (Å²) in [5, 5.41) is 15.8. The number of amides is 2. The van der Waals surface area contributed by atoms with E-state index in [2.05, 4.69) is 5.10 Å². The highest BCUT2D eigenvalue weighted by Crippen LogP contribution is 2.34. The second kappa shape index (κ2) is 9.39. The van der Waals surface area contributed by atoms with Crippen LogP contribution in [0.4, 0.5) is 22.0 Å². The summed E-state index contributed by atoms with van der Waals surface area (Å²) < 4.78 is 69.5. The first-order chi connectivity index (χ1) is 15.8. The standard InChI is InChI=1S/C21H16ClF5N4O3/c22-14-2-1-3-15(24)17(14)19(33)29-10-20(34,21(25,26)27)8-16-13(18(28)32)9-31(30-16)12-6-4-11(23)5-7-12/h1-7,9,34H,8,10H2,(H2,28,32)(H,29,33). The molecule has 180 valence electrons.